The zero-order valence-electron chi connectivity index (χ0n) is 24.2. The average Bonchev–Trinajstić information content (AvgIpc) is 2.97. The lowest BCUT2D eigenvalue weighted by Gasteiger charge is -2.43. The van der Waals surface area contributed by atoms with E-state index in [2.05, 4.69) is 81.4 Å². The SMILES string of the molecule is C[C@@H](O)[C@H](CCCCO[Si](c1ccccc1)(c1ccccc1)C(C)(C)C)P(=O)(c1ccccc1)c1ccccc1. The molecule has 4 rings (SSSR count). The van der Waals surface area contributed by atoms with Crippen LogP contribution in [0, 0.1) is 0 Å². The zero-order valence-corrected chi connectivity index (χ0v) is 26.1. The molecule has 4 aromatic rings. The fourth-order valence-electron chi connectivity index (χ4n) is 6.00. The van der Waals surface area contributed by atoms with Crippen LogP contribution in [0.5, 0.6) is 0 Å². The summed E-state index contributed by atoms with van der Waals surface area (Å²) >= 11 is 0. The molecule has 1 N–H and O–H groups in total. The minimum Gasteiger partial charge on any atom is -0.407 e. The van der Waals surface area contributed by atoms with Gasteiger partial charge in [0.1, 0.15) is 7.14 Å². The van der Waals surface area contributed by atoms with Crippen molar-refractivity contribution in [3.63, 3.8) is 0 Å². The molecule has 4 aromatic carbocycles. The molecule has 0 aliphatic carbocycles. The van der Waals surface area contributed by atoms with E-state index in [1.807, 2.05) is 60.7 Å². The van der Waals surface area contributed by atoms with Gasteiger partial charge in [-0.3, -0.25) is 0 Å². The van der Waals surface area contributed by atoms with Crippen molar-refractivity contribution < 1.29 is 14.1 Å². The largest absolute Gasteiger partial charge is 0.407 e. The Kier molecular flexibility index (Phi) is 10.0. The molecule has 0 radical (unpaired) electrons. The van der Waals surface area contributed by atoms with Crippen LogP contribution in [0.1, 0.15) is 47.0 Å². The minimum absolute atomic E-state index is 0.0752. The molecule has 0 heterocycles. The van der Waals surface area contributed by atoms with Crippen LogP contribution >= 0.6 is 7.14 Å². The first-order chi connectivity index (χ1) is 19.2. The highest BCUT2D eigenvalue weighted by Gasteiger charge is 2.50. The fraction of sp³-hybridized carbons (Fsp3) is 0.314. The summed E-state index contributed by atoms with van der Waals surface area (Å²) in [7, 11) is -5.67. The lowest BCUT2D eigenvalue weighted by Crippen LogP contribution is -2.66. The lowest BCUT2D eigenvalue weighted by molar-refractivity contribution is 0.181. The van der Waals surface area contributed by atoms with E-state index < -0.39 is 21.6 Å². The van der Waals surface area contributed by atoms with Gasteiger partial charge in [0.2, 0.25) is 0 Å². The van der Waals surface area contributed by atoms with E-state index in [1.54, 1.807) is 6.92 Å². The zero-order chi connectivity index (χ0) is 28.6. The average molecular weight is 571 g/mol. The third-order valence-corrected chi connectivity index (χ3v) is 16.7. The van der Waals surface area contributed by atoms with Gasteiger partial charge in [0.05, 0.1) is 6.10 Å². The monoisotopic (exact) mass is 570 g/mol. The van der Waals surface area contributed by atoms with Crippen LogP contribution in [-0.2, 0) is 8.99 Å². The van der Waals surface area contributed by atoms with Crippen LogP contribution in [0.4, 0.5) is 0 Å². The van der Waals surface area contributed by atoms with Gasteiger partial charge in [0, 0.05) is 22.9 Å². The number of hydrogen-bond donors (Lipinski definition) is 1. The van der Waals surface area contributed by atoms with Crippen LogP contribution in [-0.4, -0.2) is 31.8 Å². The standard InChI is InChI=1S/C35H43O3PSi/c1-29(36)34(39(37,30-19-9-5-10-20-30)31-21-11-6-12-22-31)27-17-18-28-38-40(35(2,3)4,32-23-13-7-14-24-32)33-25-15-8-16-26-33/h5-16,19-26,29,34,36H,17-18,27-28H2,1-4H3/t29-,34+/m1/s1. The number of unbranched alkanes of at least 4 members (excludes halogenated alkanes) is 1. The Hall–Kier alpha value is -2.75. The Morgan fingerprint density at radius 3 is 1.48 bits per heavy atom. The molecule has 0 saturated heterocycles. The number of aliphatic hydroxyl groups excluding tert-OH is 1. The van der Waals surface area contributed by atoms with E-state index in [0.29, 0.717) is 13.0 Å². The van der Waals surface area contributed by atoms with Crippen LogP contribution in [0.15, 0.2) is 121 Å². The third-order valence-electron chi connectivity index (χ3n) is 7.93. The minimum atomic E-state index is -3.08. The second kappa shape index (κ2) is 13.3. The Balaban J connectivity index is 1.57. The molecule has 40 heavy (non-hydrogen) atoms. The Bertz CT molecular complexity index is 1270. The molecule has 0 amide bonds. The van der Waals surface area contributed by atoms with Gasteiger partial charge in [-0.25, -0.2) is 0 Å². The van der Waals surface area contributed by atoms with Crippen molar-refractivity contribution >= 4 is 36.4 Å². The number of hydrogen-bond acceptors (Lipinski definition) is 3. The molecule has 5 heteroatoms. The summed E-state index contributed by atoms with van der Waals surface area (Å²) in [5.41, 5.74) is -0.370. The van der Waals surface area contributed by atoms with Crippen molar-refractivity contribution in [2.45, 2.75) is 63.8 Å². The Morgan fingerprint density at radius 2 is 1.10 bits per heavy atom. The van der Waals surface area contributed by atoms with Gasteiger partial charge in [-0.2, -0.15) is 0 Å². The summed E-state index contributed by atoms with van der Waals surface area (Å²) in [6, 6.07) is 40.8. The maximum absolute atomic E-state index is 14.9. The maximum atomic E-state index is 14.9. The molecule has 0 aliphatic rings. The maximum Gasteiger partial charge on any atom is 0.261 e. The highest BCUT2D eigenvalue weighted by atomic mass is 31.2. The number of aliphatic hydroxyl groups is 1. The predicted octanol–water partition coefficient (Wildman–Crippen LogP) is 6.50. The van der Waals surface area contributed by atoms with Crippen molar-refractivity contribution in [2.24, 2.45) is 0 Å². The summed E-state index contributed by atoms with van der Waals surface area (Å²) in [5.74, 6) is 0. The predicted molar refractivity (Wildman–Crippen MR) is 173 cm³/mol. The molecule has 0 bridgehead atoms. The molecule has 2 atom stereocenters. The van der Waals surface area contributed by atoms with Crippen LogP contribution in [0.25, 0.3) is 0 Å². The molecule has 0 saturated carbocycles. The number of benzene rings is 4. The Labute approximate surface area is 241 Å². The highest BCUT2D eigenvalue weighted by molar-refractivity contribution is 7.79. The second-order valence-electron chi connectivity index (χ2n) is 11.6. The van der Waals surface area contributed by atoms with E-state index in [1.165, 1.54) is 10.4 Å². The summed E-state index contributed by atoms with van der Waals surface area (Å²) in [5, 5.41) is 15.0. The highest BCUT2D eigenvalue weighted by Crippen LogP contribution is 2.51. The van der Waals surface area contributed by atoms with Gasteiger partial charge in [-0.15, -0.1) is 0 Å². The first kappa shape index (κ1) is 30.2. The van der Waals surface area contributed by atoms with Crippen LogP contribution in [0.2, 0.25) is 5.04 Å². The second-order valence-corrected chi connectivity index (χ2v) is 19.0. The normalized spacial score (nSPS) is 14.0. The van der Waals surface area contributed by atoms with Crippen molar-refractivity contribution in [3.8, 4) is 0 Å². The van der Waals surface area contributed by atoms with Gasteiger partial charge < -0.3 is 14.1 Å². The van der Waals surface area contributed by atoms with E-state index in [0.717, 1.165) is 23.5 Å². The molecule has 0 aromatic heterocycles. The van der Waals surface area contributed by atoms with Crippen LogP contribution in [0.3, 0.4) is 0 Å². The molecule has 0 spiro atoms. The molecule has 210 valence electrons. The van der Waals surface area contributed by atoms with Crippen molar-refractivity contribution in [1.29, 1.82) is 0 Å². The molecular formula is C35H43O3PSi. The topological polar surface area (TPSA) is 46.5 Å². The van der Waals surface area contributed by atoms with Gasteiger partial charge in [-0.1, -0.05) is 149 Å². The molecule has 0 aliphatic heterocycles. The van der Waals surface area contributed by atoms with Gasteiger partial charge in [0.15, 0.2) is 0 Å². The Morgan fingerprint density at radius 1 is 0.700 bits per heavy atom. The van der Waals surface area contributed by atoms with Gasteiger partial charge in [-0.05, 0) is 35.2 Å². The lowest BCUT2D eigenvalue weighted by atomic mass is 10.1. The smallest absolute Gasteiger partial charge is 0.261 e. The summed E-state index contributed by atoms with van der Waals surface area (Å²) < 4.78 is 22.0. The van der Waals surface area contributed by atoms with E-state index in [-0.39, 0.29) is 10.7 Å². The van der Waals surface area contributed by atoms with E-state index >= 15 is 0 Å². The molecular weight excluding hydrogens is 527 g/mol. The molecule has 0 unspecified atom stereocenters. The molecule has 0 fully saturated rings. The summed E-state index contributed by atoms with van der Waals surface area (Å²) in [6.07, 6.45) is 1.60. The van der Waals surface area contributed by atoms with Crippen molar-refractivity contribution in [2.75, 3.05) is 6.61 Å². The summed E-state index contributed by atoms with van der Waals surface area (Å²) in [4.78, 5) is 0. The molecule has 3 nitrogen and oxygen atoms in total. The van der Waals surface area contributed by atoms with E-state index in [4.69, 9.17) is 4.43 Å². The quantitative estimate of drug-likeness (QED) is 0.120. The van der Waals surface area contributed by atoms with Gasteiger partial charge >= 0.3 is 0 Å². The number of rotatable bonds is 12. The summed E-state index contributed by atoms with van der Waals surface area (Å²) in [6.45, 7) is 9.26. The van der Waals surface area contributed by atoms with Crippen LogP contribution < -0.4 is 21.0 Å². The van der Waals surface area contributed by atoms with Gasteiger partial charge in [0.25, 0.3) is 8.32 Å². The van der Waals surface area contributed by atoms with Crippen molar-refractivity contribution in [3.05, 3.63) is 121 Å². The van der Waals surface area contributed by atoms with Crippen molar-refractivity contribution in [1.82, 2.24) is 0 Å². The first-order valence-electron chi connectivity index (χ1n) is 14.4. The fourth-order valence-corrected chi connectivity index (χ4v) is 14.1. The van der Waals surface area contributed by atoms with E-state index in [9.17, 15) is 9.67 Å². The third kappa shape index (κ3) is 6.26. The first-order valence-corrected chi connectivity index (χ1v) is 18.0.